The molecule has 2 aliphatic carbocycles. The topological polar surface area (TPSA) is 40.5 Å². The quantitative estimate of drug-likeness (QED) is 0.656. The molecule has 2 fully saturated rings. The standard InChI is InChI=1S/C19H31NO2/c1-3-11-18(13-7-5-8-14-18)20(17(21)22)19(12-4-2)15-9-6-10-16-19/h3-4H,1-2,5-16H2,(H,21,22). The third-order valence-electron chi connectivity index (χ3n) is 5.76. The van der Waals surface area contributed by atoms with Gasteiger partial charge in [0.15, 0.2) is 0 Å². The fraction of sp³-hybridized carbons (Fsp3) is 0.737. The maximum atomic E-state index is 12.3. The number of hydrogen-bond acceptors (Lipinski definition) is 1. The highest BCUT2D eigenvalue weighted by Gasteiger charge is 2.50. The molecular formula is C19H31NO2. The monoisotopic (exact) mass is 305 g/mol. The Morgan fingerprint density at radius 2 is 1.23 bits per heavy atom. The lowest BCUT2D eigenvalue weighted by Gasteiger charge is -2.55. The minimum Gasteiger partial charge on any atom is -0.465 e. The summed E-state index contributed by atoms with van der Waals surface area (Å²) in [7, 11) is 0. The van der Waals surface area contributed by atoms with Crippen LogP contribution in [0.4, 0.5) is 4.79 Å². The van der Waals surface area contributed by atoms with Crippen molar-refractivity contribution in [1.29, 1.82) is 0 Å². The molecule has 2 aliphatic rings. The van der Waals surface area contributed by atoms with Gasteiger partial charge in [-0.15, -0.1) is 13.2 Å². The van der Waals surface area contributed by atoms with Gasteiger partial charge in [-0.3, -0.25) is 4.90 Å². The lowest BCUT2D eigenvalue weighted by Crippen LogP contribution is -2.63. The van der Waals surface area contributed by atoms with E-state index < -0.39 is 6.09 Å². The molecule has 0 aromatic carbocycles. The highest BCUT2D eigenvalue weighted by molar-refractivity contribution is 5.68. The van der Waals surface area contributed by atoms with Gasteiger partial charge in [-0.25, -0.2) is 4.79 Å². The summed E-state index contributed by atoms with van der Waals surface area (Å²) in [5, 5.41) is 10.1. The predicted octanol–water partition coefficient (Wildman–Crippen LogP) is 5.52. The highest BCUT2D eigenvalue weighted by atomic mass is 16.4. The van der Waals surface area contributed by atoms with Crippen molar-refractivity contribution in [2.45, 2.75) is 88.1 Å². The van der Waals surface area contributed by atoms with Crippen molar-refractivity contribution in [3.05, 3.63) is 25.3 Å². The molecular weight excluding hydrogens is 274 g/mol. The van der Waals surface area contributed by atoms with E-state index in [1.165, 1.54) is 12.8 Å². The minimum absolute atomic E-state index is 0.244. The van der Waals surface area contributed by atoms with E-state index in [1.54, 1.807) is 0 Å². The van der Waals surface area contributed by atoms with Crippen molar-refractivity contribution in [1.82, 2.24) is 4.90 Å². The van der Waals surface area contributed by atoms with E-state index in [0.717, 1.165) is 64.2 Å². The van der Waals surface area contributed by atoms with Gasteiger partial charge >= 0.3 is 6.09 Å². The molecule has 0 aromatic rings. The SMILES string of the molecule is C=CCC1(N(C(=O)O)C2(CC=C)CCCCC2)CCCCC1. The Labute approximate surface area is 135 Å². The normalized spacial score (nSPS) is 23.5. The Bertz CT molecular complexity index is 372. The van der Waals surface area contributed by atoms with Gasteiger partial charge in [0.25, 0.3) is 0 Å². The molecule has 3 nitrogen and oxygen atoms in total. The van der Waals surface area contributed by atoms with Crippen LogP contribution in [0.2, 0.25) is 0 Å². The van der Waals surface area contributed by atoms with Crippen LogP contribution in [-0.4, -0.2) is 27.2 Å². The average Bonchev–Trinajstić information content (AvgIpc) is 2.49. The Morgan fingerprint density at radius 1 is 0.864 bits per heavy atom. The number of amides is 1. The molecule has 0 aliphatic heterocycles. The fourth-order valence-electron chi connectivity index (χ4n) is 4.90. The first-order chi connectivity index (χ1) is 10.6. The van der Waals surface area contributed by atoms with Crippen LogP contribution in [0.1, 0.15) is 77.0 Å². The second-order valence-electron chi connectivity index (χ2n) is 7.17. The first-order valence-corrected chi connectivity index (χ1v) is 8.85. The van der Waals surface area contributed by atoms with Crippen LogP contribution in [0.3, 0.4) is 0 Å². The number of carboxylic acid groups (broad SMARTS) is 1. The van der Waals surface area contributed by atoms with Crippen molar-refractivity contribution in [2.24, 2.45) is 0 Å². The van der Waals surface area contributed by atoms with Gasteiger partial charge in [-0.1, -0.05) is 50.7 Å². The van der Waals surface area contributed by atoms with Crippen molar-refractivity contribution in [3.8, 4) is 0 Å². The van der Waals surface area contributed by atoms with Crippen LogP contribution in [0.25, 0.3) is 0 Å². The Hall–Kier alpha value is -1.25. The van der Waals surface area contributed by atoms with E-state index >= 15 is 0 Å². The van der Waals surface area contributed by atoms with E-state index in [-0.39, 0.29) is 11.1 Å². The van der Waals surface area contributed by atoms with Crippen LogP contribution >= 0.6 is 0 Å². The van der Waals surface area contributed by atoms with Gasteiger partial charge in [0.05, 0.1) is 11.1 Å². The van der Waals surface area contributed by atoms with Gasteiger partial charge in [0.2, 0.25) is 0 Å². The summed E-state index contributed by atoms with van der Waals surface area (Å²) in [4.78, 5) is 14.2. The zero-order chi connectivity index (χ0) is 16.1. The van der Waals surface area contributed by atoms with E-state index in [1.807, 2.05) is 17.1 Å². The molecule has 0 saturated heterocycles. The third-order valence-corrected chi connectivity index (χ3v) is 5.76. The van der Waals surface area contributed by atoms with Crippen molar-refractivity contribution in [2.75, 3.05) is 0 Å². The molecule has 0 spiro atoms. The summed E-state index contributed by atoms with van der Waals surface area (Å²) in [6.45, 7) is 7.83. The van der Waals surface area contributed by atoms with Gasteiger partial charge in [0, 0.05) is 0 Å². The average molecular weight is 305 g/mol. The molecule has 0 unspecified atom stereocenters. The highest BCUT2D eigenvalue weighted by Crippen LogP contribution is 2.47. The van der Waals surface area contributed by atoms with Crippen LogP contribution in [0.15, 0.2) is 25.3 Å². The Kier molecular flexibility index (Phi) is 5.71. The molecule has 0 radical (unpaired) electrons. The first-order valence-electron chi connectivity index (χ1n) is 8.85. The molecule has 1 amide bonds. The number of rotatable bonds is 6. The van der Waals surface area contributed by atoms with Crippen molar-refractivity contribution in [3.63, 3.8) is 0 Å². The lowest BCUT2D eigenvalue weighted by atomic mass is 9.70. The van der Waals surface area contributed by atoms with Gasteiger partial charge in [-0.2, -0.15) is 0 Å². The second kappa shape index (κ2) is 7.34. The fourth-order valence-corrected chi connectivity index (χ4v) is 4.90. The molecule has 0 atom stereocenters. The maximum absolute atomic E-state index is 12.3. The number of carbonyl (C=O) groups is 1. The molecule has 2 saturated carbocycles. The second-order valence-corrected chi connectivity index (χ2v) is 7.17. The molecule has 3 heteroatoms. The third kappa shape index (κ3) is 3.23. The summed E-state index contributed by atoms with van der Waals surface area (Å²) >= 11 is 0. The molecule has 2 rings (SSSR count). The number of hydrogen-bond donors (Lipinski definition) is 1. The first kappa shape index (κ1) is 17.1. The summed E-state index contributed by atoms with van der Waals surface area (Å²) in [6.07, 6.45) is 15.5. The molecule has 0 bridgehead atoms. The summed E-state index contributed by atoms with van der Waals surface area (Å²) < 4.78 is 0. The zero-order valence-corrected chi connectivity index (χ0v) is 13.9. The Morgan fingerprint density at radius 3 is 1.50 bits per heavy atom. The van der Waals surface area contributed by atoms with Gasteiger partial charge < -0.3 is 5.11 Å². The maximum Gasteiger partial charge on any atom is 0.408 e. The lowest BCUT2D eigenvalue weighted by molar-refractivity contribution is -0.0408. The minimum atomic E-state index is -0.743. The predicted molar refractivity (Wildman–Crippen MR) is 91.1 cm³/mol. The van der Waals surface area contributed by atoms with Crippen LogP contribution < -0.4 is 0 Å². The van der Waals surface area contributed by atoms with E-state index in [4.69, 9.17) is 0 Å². The molecule has 0 aromatic heterocycles. The largest absolute Gasteiger partial charge is 0.465 e. The van der Waals surface area contributed by atoms with E-state index in [9.17, 15) is 9.90 Å². The van der Waals surface area contributed by atoms with Crippen molar-refractivity contribution < 1.29 is 9.90 Å². The van der Waals surface area contributed by atoms with Crippen molar-refractivity contribution >= 4 is 6.09 Å². The molecule has 22 heavy (non-hydrogen) atoms. The zero-order valence-electron chi connectivity index (χ0n) is 13.9. The molecule has 1 N–H and O–H groups in total. The smallest absolute Gasteiger partial charge is 0.408 e. The molecule has 0 heterocycles. The summed E-state index contributed by atoms with van der Waals surface area (Å²) in [5.41, 5.74) is -0.488. The van der Waals surface area contributed by atoms with E-state index in [0.29, 0.717) is 0 Å². The summed E-state index contributed by atoms with van der Waals surface area (Å²) in [6, 6.07) is 0. The van der Waals surface area contributed by atoms with Crippen LogP contribution in [0, 0.1) is 0 Å². The molecule has 124 valence electrons. The Balaban J connectivity index is 2.42. The van der Waals surface area contributed by atoms with E-state index in [2.05, 4.69) is 13.2 Å². The summed E-state index contributed by atoms with van der Waals surface area (Å²) in [5.74, 6) is 0. The van der Waals surface area contributed by atoms with Crippen LogP contribution in [0.5, 0.6) is 0 Å². The van der Waals surface area contributed by atoms with Gasteiger partial charge in [0.1, 0.15) is 0 Å². The van der Waals surface area contributed by atoms with Crippen LogP contribution in [-0.2, 0) is 0 Å². The number of nitrogens with zero attached hydrogens (tertiary/aromatic N) is 1. The van der Waals surface area contributed by atoms with Gasteiger partial charge in [-0.05, 0) is 38.5 Å².